The molecule has 4 rings (SSSR count). The van der Waals surface area contributed by atoms with E-state index in [4.69, 9.17) is 13.9 Å². The van der Waals surface area contributed by atoms with Crippen LogP contribution in [0.5, 0.6) is 17.2 Å². The second kappa shape index (κ2) is 10.9. The Kier molecular flexibility index (Phi) is 7.64. The summed E-state index contributed by atoms with van der Waals surface area (Å²) in [4.78, 5) is 27.9. The van der Waals surface area contributed by atoms with E-state index in [1.54, 1.807) is 24.3 Å². The highest BCUT2D eigenvalue weighted by Crippen LogP contribution is 2.37. The second-order valence-electron chi connectivity index (χ2n) is 9.37. The summed E-state index contributed by atoms with van der Waals surface area (Å²) in [7, 11) is 3.59. The molecule has 1 fully saturated rings. The molecule has 2 heterocycles. The average Bonchev–Trinajstić information content (AvgIpc) is 2.85. The first-order chi connectivity index (χ1) is 17.2. The van der Waals surface area contributed by atoms with E-state index in [1.807, 2.05) is 19.9 Å². The average molecular weight is 493 g/mol. The van der Waals surface area contributed by atoms with Gasteiger partial charge in [0.05, 0.1) is 7.11 Å². The predicted molar refractivity (Wildman–Crippen MR) is 139 cm³/mol. The SMILES string of the molecule is COc1c(OC2CCN(C)CC2)ccc2cc(NC(=O)c3ccc(O)c(CC=C(C)C)c3)c(=O)oc12. The third kappa shape index (κ3) is 5.71. The molecule has 1 amide bonds. The Balaban J connectivity index is 1.58. The van der Waals surface area contributed by atoms with Gasteiger partial charge in [0.25, 0.3) is 5.91 Å². The highest BCUT2D eigenvalue weighted by Gasteiger charge is 2.22. The Bertz CT molecular complexity index is 1350. The molecule has 1 saturated heterocycles. The summed E-state index contributed by atoms with van der Waals surface area (Å²) >= 11 is 0. The molecule has 1 aliphatic heterocycles. The Morgan fingerprint density at radius 2 is 1.94 bits per heavy atom. The van der Waals surface area contributed by atoms with Gasteiger partial charge in [-0.05, 0) is 82.1 Å². The van der Waals surface area contributed by atoms with Gasteiger partial charge < -0.3 is 29.2 Å². The van der Waals surface area contributed by atoms with Gasteiger partial charge in [-0.25, -0.2) is 4.79 Å². The number of allylic oxidation sites excluding steroid dienone is 2. The van der Waals surface area contributed by atoms with Gasteiger partial charge >= 0.3 is 5.63 Å². The molecular weight excluding hydrogens is 460 g/mol. The number of fused-ring (bicyclic) bond motifs is 1. The van der Waals surface area contributed by atoms with Crippen LogP contribution in [0.15, 0.2) is 57.3 Å². The number of ether oxygens (including phenoxy) is 2. The van der Waals surface area contributed by atoms with Crippen LogP contribution in [0.3, 0.4) is 0 Å². The number of hydrogen-bond acceptors (Lipinski definition) is 7. The van der Waals surface area contributed by atoms with Crippen LogP contribution in [-0.2, 0) is 6.42 Å². The number of carbonyl (C=O) groups is 1. The number of piperidine rings is 1. The van der Waals surface area contributed by atoms with E-state index < -0.39 is 11.5 Å². The lowest BCUT2D eigenvalue weighted by Crippen LogP contribution is -2.35. The zero-order chi connectivity index (χ0) is 25.8. The van der Waals surface area contributed by atoms with Crippen LogP contribution < -0.4 is 20.4 Å². The summed E-state index contributed by atoms with van der Waals surface area (Å²) in [6, 6.07) is 9.73. The van der Waals surface area contributed by atoms with Crippen molar-refractivity contribution in [1.82, 2.24) is 4.90 Å². The molecule has 0 radical (unpaired) electrons. The van der Waals surface area contributed by atoms with E-state index in [2.05, 4.69) is 17.3 Å². The van der Waals surface area contributed by atoms with Gasteiger partial charge in [-0.3, -0.25) is 4.79 Å². The molecule has 0 unspecified atom stereocenters. The molecular formula is C28H32N2O6. The molecule has 8 nitrogen and oxygen atoms in total. The first-order valence-corrected chi connectivity index (χ1v) is 12.0. The van der Waals surface area contributed by atoms with E-state index in [0.717, 1.165) is 31.5 Å². The smallest absolute Gasteiger partial charge is 0.360 e. The molecule has 0 bridgehead atoms. The molecule has 190 valence electrons. The minimum atomic E-state index is -0.700. The van der Waals surface area contributed by atoms with Crippen molar-refractivity contribution < 1.29 is 23.8 Å². The monoisotopic (exact) mass is 492 g/mol. The summed E-state index contributed by atoms with van der Waals surface area (Å²) in [6.07, 6.45) is 4.33. The van der Waals surface area contributed by atoms with Crippen molar-refractivity contribution >= 4 is 22.6 Å². The highest BCUT2D eigenvalue weighted by molar-refractivity contribution is 6.05. The van der Waals surface area contributed by atoms with Crippen molar-refractivity contribution in [3.63, 3.8) is 0 Å². The molecule has 0 aliphatic carbocycles. The fourth-order valence-electron chi connectivity index (χ4n) is 4.20. The molecule has 36 heavy (non-hydrogen) atoms. The van der Waals surface area contributed by atoms with Crippen molar-refractivity contribution in [2.45, 2.75) is 39.2 Å². The summed E-state index contributed by atoms with van der Waals surface area (Å²) in [5.74, 6) is 0.505. The van der Waals surface area contributed by atoms with Crippen molar-refractivity contribution in [2.75, 3.05) is 32.6 Å². The van der Waals surface area contributed by atoms with E-state index >= 15 is 0 Å². The number of phenolic OH excluding ortho intramolecular Hbond substituents is 1. The van der Waals surface area contributed by atoms with Crippen LogP contribution in [0.4, 0.5) is 5.69 Å². The quantitative estimate of drug-likeness (QED) is 0.363. The first kappa shape index (κ1) is 25.3. The summed E-state index contributed by atoms with van der Waals surface area (Å²) < 4.78 is 17.3. The highest BCUT2D eigenvalue weighted by atomic mass is 16.5. The third-order valence-corrected chi connectivity index (χ3v) is 6.30. The lowest BCUT2D eigenvalue weighted by atomic mass is 10.0. The Morgan fingerprint density at radius 1 is 1.19 bits per heavy atom. The van der Waals surface area contributed by atoms with Crippen LogP contribution in [0, 0.1) is 0 Å². The summed E-state index contributed by atoms with van der Waals surface area (Å²) in [5.41, 5.74) is 1.62. The number of amides is 1. The molecule has 0 spiro atoms. The lowest BCUT2D eigenvalue weighted by molar-refractivity contribution is 0.102. The van der Waals surface area contributed by atoms with Crippen LogP contribution in [-0.4, -0.2) is 49.3 Å². The number of carbonyl (C=O) groups excluding carboxylic acids is 1. The molecule has 3 aromatic rings. The van der Waals surface area contributed by atoms with E-state index in [-0.39, 0.29) is 23.1 Å². The number of methoxy groups -OCH3 is 1. The van der Waals surface area contributed by atoms with Gasteiger partial charge in [0.1, 0.15) is 17.5 Å². The Morgan fingerprint density at radius 3 is 2.64 bits per heavy atom. The van der Waals surface area contributed by atoms with Crippen molar-refractivity contribution in [1.29, 1.82) is 0 Å². The minimum Gasteiger partial charge on any atom is -0.508 e. The van der Waals surface area contributed by atoms with E-state index in [1.165, 1.54) is 19.2 Å². The van der Waals surface area contributed by atoms with Gasteiger partial charge in [-0.15, -0.1) is 0 Å². The van der Waals surface area contributed by atoms with Gasteiger partial charge in [0.2, 0.25) is 5.75 Å². The number of hydrogen-bond donors (Lipinski definition) is 2. The number of likely N-dealkylation sites (tertiary alicyclic amines) is 1. The number of nitrogens with one attached hydrogen (secondary N) is 1. The summed E-state index contributed by atoms with van der Waals surface area (Å²) in [5, 5.41) is 13.3. The molecule has 0 saturated carbocycles. The summed E-state index contributed by atoms with van der Waals surface area (Å²) in [6.45, 7) is 5.84. The maximum atomic E-state index is 12.9. The van der Waals surface area contributed by atoms with Crippen LogP contribution >= 0.6 is 0 Å². The maximum absolute atomic E-state index is 12.9. The topological polar surface area (TPSA) is 101 Å². The van der Waals surface area contributed by atoms with Crippen LogP contribution in [0.2, 0.25) is 0 Å². The predicted octanol–water partition coefficient (Wildman–Crippen LogP) is 4.74. The number of phenols is 1. The molecule has 2 N–H and O–H groups in total. The number of nitrogens with zero attached hydrogens (tertiary/aromatic N) is 1. The van der Waals surface area contributed by atoms with Crippen molar-refractivity contribution in [3.05, 3.63) is 69.6 Å². The second-order valence-corrected chi connectivity index (χ2v) is 9.37. The van der Waals surface area contributed by atoms with E-state index in [9.17, 15) is 14.7 Å². The molecule has 8 heteroatoms. The first-order valence-electron chi connectivity index (χ1n) is 12.0. The maximum Gasteiger partial charge on any atom is 0.360 e. The Hall–Kier alpha value is -3.78. The van der Waals surface area contributed by atoms with Gasteiger partial charge in [-0.2, -0.15) is 0 Å². The van der Waals surface area contributed by atoms with Gasteiger partial charge in [0.15, 0.2) is 11.3 Å². The van der Waals surface area contributed by atoms with Crippen molar-refractivity contribution in [2.24, 2.45) is 0 Å². The fraction of sp³-hybridized carbons (Fsp3) is 0.357. The third-order valence-electron chi connectivity index (χ3n) is 6.30. The molecule has 1 aromatic heterocycles. The molecule has 1 aliphatic rings. The normalized spacial score (nSPS) is 14.4. The zero-order valence-electron chi connectivity index (χ0n) is 21.1. The Labute approximate surface area is 210 Å². The zero-order valence-corrected chi connectivity index (χ0v) is 21.1. The van der Waals surface area contributed by atoms with Crippen LogP contribution in [0.25, 0.3) is 11.0 Å². The minimum absolute atomic E-state index is 0.0115. The largest absolute Gasteiger partial charge is 0.508 e. The number of aromatic hydroxyl groups is 1. The lowest BCUT2D eigenvalue weighted by Gasteiger charge is -2.29. The molecule has 0 atom stereocenters. The molecule has 2 aromatic carbocycles. The van der Waals surface area contributed by atoms with Gasteiger partial charge in [-0.1, -0.05) is 11.6 Å². The number of anilines is 1. The van der Waals surface area contributed by atoms with Crippen molar-refractivity contribution in [3.8, 4) is 17.2 Å². The number of rotatable bonds is 7. The van der Waals surface area contributed by atoms with E-state index in [0.29, 0.717) is 34.4 Å². The van der Waals surface area contributed by atoms with Gasteiger partial charge in [0, 0.05) is 24.0 Å². The number of benzene rings is 2. The van der Waals surface area contributed by atoms with Crippen LogP contribution in [0.1, 0.15) is 42.6 Å². The standard InChI is InChI=1S/C28H32N2O6/c1-17(2)5-6-18-15-20(7-9-23(18)31)27(32)29-22-16-19-8-10-24(26(34-4)25(19)36-28(22)33)35-21-11-13-30(3)14-12-21/h5,7-10,15-16,21,31H,6,11-14H2,1-4H3,(H,29,32). The fourth-order valence-corrected chi connectivity index (χ4v) is 4.20.